The molecule has 2 aromatic rings. The minimum Gasteiger partial charge on any atom is -0.491 e. The molecule has 0 saturated carbocycles. The normalized spacial score (nSPS) is 20.3. The van der Waals surface area contributed by atoms with Crippen LogP contribution in [0.2, 0.25) is 5.02 Å². The molecule has 1 fully saturated rings. The van der Waals surface area contributed by atoms with Gasteiger partial charge in [-0.1, -0.05) is 29.8 Å². The van der Waals surface area contributed by atoms with Crippen LogP contribution in [0.5, 0.6) is 11.5 Å². The molecule has 2 aliphatic heterocycles. The Kier molecular flexibility index (Phi) is 3.56. The zero-order chi connectivity index (χ0) is 15.8. The average molecular weight is 329 g/mol. The number of carbonyl (C=O) groups excluding carboxylic acids is 1. The van der Waals surface area contributed by atoms with Crippen LogP contribution in [-0.4, -0.2) is 25.1 Å². The molecule has 0 radical (unpaired) electrons. The van der Waals surface area contributed by atoms with Gasteiger partial charge in [0.15, 0.2) is 5.76 Å². The van der Waals surface area contributed by atoms with E-state index >= 15 is 0 Å². The molecule has 0 N–H and O–H groups in total. The zero-order valence-corrected chi connectivity index (χ0v) is 12.9. The van der Waals surface area contributed by atoms with Crippen molar-refractivity contribution in [3.63, 3.8) is 0 Å². The Morgan fingerprint density at radius 2 is 2.09 bits per heavy atom. The van der Waals surface area contributed by atoms with Gasteiger partial charge in [-0.25, -0.2) is 0 Å². The Hall–Kier alpha value is -2.30. The molecule has 1 atom stereocenters. The number of hydrogen-bond acceptors (Lipinski definition) is 4. The smallest absolute Gasteiger partial charge is 0.231 e. The van der Waals surface area contributed by atoms with E-state index in [4.69, 9.17) is 25.8 Å². The summed E-state index contributed by atoms with van der Waals surface area (Å²) in [7, 11) is 0. The number of benzene rings is 2. The number of halogens is 1. The first-order valence-corrected chi connectivity index (χ1v) is 7.66. The van der Waals surface area contributed by atoms with Crippen LogP contribution in [0.3, 0.4) is 0 Å². The van der Waals surface area contributed by atoms with Crippen molar-refractivity contribution >= 4 is 23.5 Å². The summed E-state index contributed by atoms with van der Waals surface area (Å²) in [5.74, 6) is 1.27. The van der Waals surface area contributed by atoms with Crippen LogP contribution in [0.15, 0.2) is 48.2 Å². The molecule has 1 saturated heterocycles. The van der Waals surface area contributed by atoms with Gasteiger partial charge in [-0.15, -0.1) is 0 Å². The Morgan fingerprint density at radius 3 is 2.87 bits per heavy atom. The molecule has 0 spiro atoms. The molecule has 0 aromatic heterocycles. The third-order valence-corrected chi connectivity index (χ3v) is 4.02. The Balaban J connectivity index is 1.58. The molecule has 2 aliphatic rings. The fourth-order valence-electron chi connectivity index (χ4n) is 2.34. The fourth-order valence-corrected chi connectivity index (χ4v) is 2.53. The standard InChI is InChI=1S/C18H13ClO4/c19-15-4-2-1-3-11(15)7-17-18(20)14-6-5-12(8-16(14)23-17)21-9-13-10-22-13/h1-8,13H,9-10H2. The summed E-state index contributed by atoms with van der Waals surface area (Å²) in [4.78, 5) is 12.4. The van der Waals surface area contributed by atoms with Gasteiger partial charge in [0, 0.05) is 11.1 Å². The van der Waals surface area contributed by atoms with Gasteiger partial charge in [-0.2, -0.15) is 0 Å². The molecule has 4 nitrogen and oxygen atoms in total. The quantitative estimate of drug-likeness (QED) is 0.634. The Bertz CT molecular complexity index is 808. The molecule has 0 amide bonds. The summed E-state index contributed by atoms with van der Waals surface area (Å²) in [6, 6.07) is 12.5. The average Bonchev–Trinajstić information content (AvgIpc) is 3.33. The fraction of sp³-hybridized carbons (Fsp3) is 0.167. The van der Waals surface area contributed by atoms with Crippen LogP contribution in [0, 0.1) is 0 Å². The largest absolute Gasteiger partial charge is 0.491 e. The van der Waals surface area contributed by atoms with Crippen LogP contribution in [-0.2, 0) is 4.74 Å². The summed E-state index contributed by atoms with van der Waals surface area (Å²) in [6.07, 6.45) is 1.84. The van der Waals surface area contributed by atoms with Crippen LogP contribution < -0.4 is 9.47 Å². The van der Waals surface area contributed by atoms with Crippen molar-refractivity contribution in [1.82, 2.24) is 0 Å². The first-order chi connectivity index (χ1) is 11.2. The molecule has 2 heterocycles. The van der Waals surface area contributed by atoms with Gasteiger partial charge in [-0.05, 0) is 29.8 Å². The van der Waals surface area contributed by atoms with E-state index in [1.807, 2.05) is 18.2 Å². The summed E-state index contributed by atoms with van der Waals surface area (Å²) in [5.41, 5.74) is 1.27. The van der Waals surface area contributed by atoms with Crippen LogP contribution in [0.4, 0.5) is 0 Å². The second-order valence-electron chi connectivity index (χ2n) is 5.39. The number of Topliss-reactive ketones (excluding diaryl/α,β-unsaturated/α-hetero) is 1. The molecule has 1 unspecified atom stereocenters. The SMILES string of the molecule is O=C1C(=Cc2ccccc2Cl)Oc2cc(OCC3CO3)ccc21. The number of fused-ring (bicyclic) bond motifs is 1. The van der Waals surface area contributed by atoms with E-state index in [0.717, 1.165) is 12.2 Å². The van der Waals surface area contributed by atoms with Crippen LogP contribution in [0.25, 0.3) is 6.08 Å². The molecule has 4 rings (SSSR count). The van der Waals surface area contributed by atoms with E-state index in [2.05, 4.69) is 0 Å². The lowest BCUT2D eigenvalue weighted by atomic mass is 10.1. The molecular weight excluding hydrogens is 316 g/mol. The van der Waals surface area contributed by atoms with Crippen molar-refractivity contribution in [2.24, 2.45) is 0 Å². The minimum atomic E-state index is -0.156. The topological polar surface area (TPSA) is 48.1 Å². The van der Waals surface area contributed by atoms with E-state index in [9.17, 15) is 4.79 Å². The van der Waals surface area contributed by atoms with E-state index in [0.29, 0.717) is 28.7 Å². The summed E-state index contributed by atoms with van der Waals surface area (Å²) in [6.45, 7) is 1.25. The number of ketones is 1. The van der Waals surface area contributed by atoms with Crippen molar-refractivity contribution in [2.75, 3.05) is 13.2 Å². The van der Waals surface area contributed by atoms with Crippen LogP contribution in [0.1, 0.15) is 15.9 Å². The Morgan fingerprint density at radius 1 is 1.26 bits per heavy atom. The van der Waals surface area contributed by atoms with E-state index in [1.54, 1.807) is 30.3 Å². The predicted molar refractivity (Wildman–Crippen MR) is 86.1 cm³/mol. The van der Waals surface area contributed by atoms with E-state index in [1.165, 1.54) is 0 Å². The monoisotopic (exact) mass is 328 g/mol. The highest BCUT2D eigenvalue weighted by atomic mass is 35.5. The predicted octanol–water partition coefficient (Wildman–Crippen LogP) is 3.73. The first-order valence-electron chi connectivity index (χ1n) is 7.28. The van der Waals surface area contributed by atoms with Gasteiger partial charge in [-0.3, -0.25) is 4.79 Å². The van der Waals surface area contributed by atoms with Gasteiger partial charge in [0.1, 0.15) is 24.2 Å². The van der Waals surface area contributed by atoms with Crippen molar-refractivity contribution in [3.8, 4) is 11.5 Å². The second kappa shape index (κ2) is 5.72. The highest BCUT2D eigenvalue weighted by Gasteiger charge is 2.28. The maximum atomic E-state index is 12.4. The molecular formula is C18H13ClO4. The van der Waals surface area contributed by atoms with E-state index in [-0.39, 0.29) is 17.6 Å². The number of epoxide rings is 1. The van der Waals surface area contributed by atoms with Gasteiger partial charge >= 0.3 is 0 Å². The minimum absolute atomic E-state index is 0.156. The number of carbonyl (C=O) groups is 1. The third kappa shape index (κ3) is 2.96. The highest BCUT2D eigenvalue weighted by Crippen LogP contribution is 2.35. The third-order valence-electron chi connectivity index (χ3n) is 3.67. The van der Waals surface area contributed by atoms with Crippen LogP contribution >= 0.6 is 11.6 Å². The summed E-state index contributed by atoms with van der Waals surface area (Å²) in [5, 5.41) is 0.570. The zero-order valence-electron chi connectivity index (χ0n) is 12.1. The van der Waals surface area contributed by atoms with Crippen molar-refractivity contribution < 1.29 is 19.0 Å². The van der Waals surface area contributed by atoms with Gasteiger partial charge in [0.25, 0.3) is 0 Å². The highest BCUT2D eigenvalue weighted by molar-refractivity contribution is 6.32. The van der Waals surface area contributed by atoms with Crippen molar-refractivity contribution in [1.29, 1.82) is 0 Å². The lowest BCUT2D eigenvalue weighted by molar-refractivity contribution is 0.101. The molecule has 0 bridgehead atoms. The molecule has 2 aromatic carbocycles. The van der Waals surface area contributed by atoms with Gasteiger partial charge in [0.2, 0.25) is 5.78 Å². The Labute approximate surface area is 138 Å². The van der Waals surface area contributed by atoms with Crippen molar-refractivity contribution in [2.45, 2.75) is 6.10 Å². The molecule has 5 heteroatoms. The maximum Gasteiger partial charge on any atom is 0.231 e. The number of hydrogen-bond donors (Lipinski definition) is 0. The van der Waals surface area contributed by atoms with Crippen molar-refractivity contribution in [3.05, 3.63) is 64.4 Å². The maximum absolute atomic E-state index is 12.4. The number of ether oxygens (including phenoxy) is 3. The van der Waals surface area contributed by atoms with E-state index < -0.39 is 0 Å². The molecule has 23 heavy (non-hydrogen) atoms. The lowest BCUT2D eigenvalue weighted by Gasteiger charge is -2.05. The summed E-state index contributed by atoms with van der Waals surface area (Å²) >= 11 is 6.12. The first kappa shape index (κ1) is 14.3. The molecule has 0 aliphatic carbocycles. The van der Waals surface area contributed by atoms with Gasteiger partial charge < -0.3 is 14.2 Å². The molecule has 116 valence electrons. The second-order valence-corrected chi connectivity index (χ2v) is 5.79. The lowest BCUT2D eigenvalue weighted by Crippen LogP contribution is -2.03. The number of rotatable bonds is 4. The summed E-state index contributed by atoms with van der Waals surface area (Å²) < 4.78 is 16.4. The number of allylic oxidation sites excluding steroid dienone is 1. The van der Waals surface area contributed by atoms with Gasteiger partial charge in [0.05, 0.1) is 12.2 Å².